The first-order valence-electron chi connectivity index (χ1n) is 8.91. The van der Waals surface area contributed by atoms with Crippen LogP contribution in [0.1, 0.15) is 24.1 Å². The third kappa shape index (κ3) is 4.43. The highest BCUT2D eigenvalue weighted by Gasteiger charge is 2.21. The van der Waals surface area contributed by atoms with Gasteiger partial charge in [0.05, 0.1) is 6.61 Å². The maximum atomic E-state index is 5.28. The highest BCUT2D eigenvalue weighted by molar-refractivity contribution is 5.48. The normalized spacial score (nSPS) is 19.8. The van der Waals surface area contributed by atoms with Crippen LogP contribution in [-0.4, -0.2) is 74.3 Å². The van der Waals surface area contributed by atoms with Gasteiger partial charge in [0, 0.05) is 57.6 Å². The molecule has 2 aliphatic rings. The summed E-state index contributed by atoms with van der Waals surface area (Å²) in [5.74, 6) is 1.16. The minimum Gasteiger partial charge on any atom is -0.383 e. The summed E-state index contributed by atoms with van der Waals surface area (Å²) in [4.78, 5) is 12.4. The van der Waals surface area contributed by atoms with Crippen LogP contribution in [0.3, 0.4) is 0 Å². The van der Waals surface area contributed by atoms with E-state index >= 15 is 0 Å². The van der Waals surface area contributed by atoms with Crippen LogP contribution >= 0.6 is 0 Å². The van der Waals surface area contributed by atoms with Crippen molar-refractivity contribution in [2.24, 2.45) is 0 Å². The number of aromatic nitrogens is 1. The molecule has 0 aromatic carbocycles. The maximum Gasteiger partial charge on any atom is 0.133 e. The second kappa shape index (κ2) is 8.08. The number of fused-ring (bicyclic) bond motifs is 1. The zero-order valence-corrected chi connectivity index (χ0v) is 14.6. The molecule has 0 N–H and O–H groups in total. The largest absolute Gasteiger partial charge is 0.383 e. The Labute approximate surface area is 140 Å². The molecule has 1 fully saturated rings. The van der Waals surface area contributed by atoms with Crippen LogP contribution in [0, 0.1) is 6.92 Å². The van der Waals surface area contributed by atoms with Crippen LogP contribution < -0.4 is 4.90 Å². The Hall–Kier alpha value is -1.17. The van der Waals surface area contributed by atoms with Crippen LogP contribution in [0.4, 0.5) is 5.82 Å². The Morgan fingerprint density at radius 1 is 1.00 bits per heavy atom. The summed E-state index contributed by atoms with van der Waals surface area (Å²) in [5, 5.41) is 0. The first-order valence-corrected chi connectivity index (χ1v) is 8.91. The molecule has 0 unspecified atom stereocenters. The predicted octanol–water partition coefficient (Wildman–Crippen LogP) is 1.75. The molecule has 0 aliphatic carbocycles. The number of hydrogen-bond acceptors (Lipinski definition) is 5. The minimum atomic E-state index is 0.753. The Kier molecular flexibility index (Phi) is 5.86. The van der Waals surface area contributed by atoms with Gasteiger partial charge in [-0.05, 0) is 38.9 Å². The van der Waals surface area contributed by atoms with Crippen LogP contribution in [0.15, 0.2) is 12.1 Å². The lowest BCUT2D eigenvalue weighted by Crippen LogP contribution is -2.37. The molecule has 2 aliphatic heterocycles. The standard InChI is InChI=1S/C18H30N4O/c1-16-5-6-17-15-21(10-9-20-7-3-4-8-20)11-12-22(13-14-23-2)18(17)19-16/h5-6H,3-4,7-15H2,1-2H3. The molecule has 0 atom stereocenters. The fourth-order valence-electron chi connectivity index (χ4n) is 3.56. The first-order chi connectivity index (χ1) is 11.3. The van der Waals surface area contributed by atoms with Gasteiger partial charge >= 0.3 is 0 Å². The van der Waals surface area contributed by atoms with Gasteiger partial charge in [-0.25, -0.2) is 4.98 Å². The number of rotatable bonds is 6. The number of nitrogens with zero attached hydrogens (tertiary/aromatic N) is 4. The van der Waals surface area contributed by atoms with E-state index in [0.29, 0.717) is 0 Å². The van der Waals surface area contributed by atoms with E-state index in [1.165, 1.54) is 38.0 Å². The van der Waals surface area contributed by atoms with Gasteiger partial charge in [0.15, 0.2) is 0 Å². The van der Waals surface area contributed by atoms with Gasteiger partial charge in [0.25, 0.3) is 0 Å². The molecule has 0 amide bonds. The van der Waals surface area contributed by atoms with Crippen molar-refractivity contribution in [3.63, 3.8) is 0 Å². The number of hydrogen-bond donors (Lipinski definition) is 0. The zero-order valence-electron chi connectivity index (χ0n) is 14.6. The number of ether oxygens (including phenoxy) is 1. The topological polar surface area (TPSA) is 31.8 Å². The predicted molar refractivity (Wildman–Crippen MR) is 94.0 cm³/mol. The lowest BCUT2D eigenvalue weighted by Gasteiger charge is -2.25. The molecule has 0 bridgehead atoms. The summed E-state index contributed by atoms with van der Waals surface area (Å²) in [6.07, 6.45) is 2.74. The second-order valence-corrected chi connectivity index (χ2v) is 6.74. The zero-order chi connectivity index (χ0) is 16.1. The summed E-state index contributed by atoms with van der Waals surface area (Å²) in [6.45, 7) is 11.8. The van der Waals surface area contributed by atoms with E-state index in [1.807, 2.05) is 0 Å². The second-order valence-electron chi connectivity index (χ2n) is 6.74. The summed E-state index contributed by atoms with van der Waals surface area (Å²) >= 11 is 0. The average molecular weight is 318 g/mol. The molecule has 5 nitrogen and oxygen atoms in total. The maximum absolute atomic E-state index is 5.28. The van der Waals surface area contributed by atoms with Gasteiger partial charge in [-0.3, -0.25) is 4.90 Å². The third-order valence-electron chi connectivity index (χ3n) is 4.97. The van der Waals surface area contributed by atoms with Gasteiger partial charge in [-0.15, -0.1) is 0 Å². The Balaban J connectivity index is 1.67. The van der Waals surface area contributed by atoms with E-state index in [4.69, 9.17) is 9.72 Å². The fraction of sp³-hybridized carbons (Fsp3) is 0.722. The number of pyridine rings is 1. The smallest absolute Gasteiger partial charge is 0.133 e. The monoisotopic (exact) mass is 318 g/mol. The molecule has 5 heteroatoms. The Morgan fingerprint density at radius 3 is 2.57 bits per heavy atom. The molecule has 0 radical (unpaired) electrons. The van der Waals surface area contributed by atoms with Crippen LogP contribution in [0.5, 0.6) is 0 Å². The lowest BCUT2D eigenvalue weighted by molar-refractivity contribution is 0.202. The fourth-order valence-corrected chi connectivity index (χ4v) is 3.56. The summed E-state index contributed by atoms with van der Waals surface area (Å²) in [6, 6.07) is 4.39. The molecule has 1 saturated heterocycles. The molecule has 128 valence electrons. The summed E-state index contributed by atoms with van der Waals surface area (Å²) < 4.78 is 5.28. The van der Waals surface area contributed by atoms with E-state index in [0.717, 1.165) is 50.8 Å². The molecular weight excluding hydrogens is 288 g/mol. The van der Waals surface area contributed by atoms with Crippen LogP contribution in [0.25, 0.3) is 0 Å². The molecule has 3 rings (SSSR count). The molecule has 3 heterocycles. The van der Waals surface area contributed by atoms with E-state index in [2.05, 4.69) is 33.8 Å². The minimum absolute atomic E-state index is 0.753. The van der Waals surface area contributed by atoms with E-state index in [1.54, 1.807) is 7.11 Å². The highest BCUT2D eigenvalue weighted by atomic mass is 16.5. The van der Waals surface area contributed by atoms with Crippen molar-refractivity contribution >= 4 is 5.82 Å². The van der Waals surface area contributed by atoms with Crippen molar-refractivity contribution in [1.82, 2.24) is 14.8 Å². The number of anilines is 1. The van der Waals surface area contributed by atoms with Gasteiger partial charge in [0.1, 0.15) is 5.82 Å². The molecule has 0 spiro atoms. The van der Waals surface area contributed by atoms with Gasteiger partial charge < -0.3 is 14.5 Å². The van der Waals surface area contributed by atoms with Gasteiger partial charge in [-0.1, -0.05) is 6.07 Å². The number of likely N-dealkylation sites (tertiary alicyclic amines) is 1. The lowest BCUT2D eigenvalue weighted by atomic mass is 10.2. The van der Waals surface area contributed by atoms with Crippen molar-refractivity contribution in [1.29, 1.82) is 0 Å². The van der Waals surface area contributed by atoms with Crippen LogP contribution in [0.2, 0.25) is 0 Å². The van der Waals surface area contributed by atoms with E-state index in [-0.39, 0.29) is 0 Å². The summed E-state index contributed by atoms with van der Waals surface area (Å²) in [5.41, 5.74) is 2.45. The van der Waals surface area contributed by atoms with Crippen molar-refractivity contribution in [3.05, 3.63) is 23.4 Å². The average Bonchev–Trinajstić information content (AvgIpc) is 3.01. The molecule has 0 saturated carbocycles. The van der Waals surface area contributed by atoms with Gasteiger partial charge in [0.2, 0.25) is 0 Å². The van der Waals surface area contributed by atoms with Crippen molar-refractivity contribution < 1.29 is 4.74 Å². The molecule has 23 heavy (non-hydrogen) atoms. The quantitative estimate of drug-likeness (QED) is 0.798. The Bertz CT molecular complexity index is 502. The van der Waals surface area contributed by atoms with Crippen LogP contribution in [-0.2, 0) is 11.3 Å². The van der Waals surface area contributed by atoms with Crippen molar-refractivity contribution in [3.8, 4) is 0 Å². The molecular formula is C18H30N4O. The Morgan fingerprint density at radius 2 is 1.78 bits per heavy atom. The highest BCUT2D eigenvalue weighted by Crippen LogP contribution is 2.23. The number of methoxy groups -OCH3 is 1. The molecule has 1 aromatic heterocycles. The van der Waals surface area contributed by atoms with Crippen molar-refractivity contribution in [2.75, 3.05) is 64.4 Å². The molecule has 1 aromatic rings. The van der Waals surface area contributed by atoms with Gasteiger partial charge in [-0.2, -0.15) is 0 Å². The van der Waals surface area contributed by atoms with Crippen molar-refractivity contribution in [2.45, 2.75) is 26.3 Å². The van der Waals surface area contributed by atoms with E-state index in [9.17, 15) is 0 Å². The number of aryl methyl sites for hydroxylation is 1. The SMILES string of the molecule is COCCN1CCN(CCN2CCCC2)Cc2ccc(C)nc21. The first kappa shape index (κ1) is 16.7. The van der Waals surface area contributed by atoms with E-state index < -0.39 is 0 Å². The summed E-state index contributed by atoms with van der Waals surface area (Å²) in [7, 11) is 1.77. The third-order valence-corrected chi connectivity index (χ3v) is 4.97.